The van der Waals surface area contributed by atoms with Gasteiger partial charge in [-0.2, -0.15) is 0 Å². The van der Waals surface area contributed by atoms with Crippen molar-refractivity contribution in [3.8, 4) is 5.75 Å². The van der Waals surface area contributed by atoms with Crippen LogP contribution in [0.4, 0.5) is 21.6 Å². The lowest BCUT2D eigenvalue weighted by Gasteiger charge is -2.38. The lowest BCUT2D eigenvalue weighted by atomic mass is 9.68. The third-order valence-corrected chi connectivity index (χ3v) is 7.25. The molecule has 2 aliphatic rings. The number of amides is 1. The van der Waals surface area contributed by atoms with Gasteiger partial charge in [-0.05, 0) is 55.5 Å². The van der Waals surface area contributed by atoms with E-state index in [0.717, 1.165) is 19.6 Å². The van der Waals surface area contributed by atoms with Crippen LogP contribution in [0.25, 0.3) is 10.9 Å². The first kappa shape index (κ1) is 23.5. The van der Waals surface area contributed by atoms with Crippen molar-refractivity contribution in [3.05, 3.63) is 59.7 Å². The van der Waals surface area contributed by atoms with Crippen molar-refractivity contribution in [1.82, 2.24) is 14.9 Å². The molecule has 182 valence electrons. The van der Waals surface area contributed by atoms with E-state index in [0.29, 0.717) is 39.3 Å². The number of rotatable bonds is 7. The number of benzene rings is 2. The highest BCUT2D eigenvalue weighted by molar-refractivity contribution is 6.31. The summed E-state index contributed by atoms with van der Waals surface area (Å²) in [5.74, 6) is 0.238. The number of nitrogens with zero attached hydrogens (tertiary/aromatic N) is 3. The van der Waals surface area contributed by atoms with Gasteiger partial charge in [0.05, 0.1) is 23.3 Å². The van der Waals surface area contributed by atoms with Crippen molar-refractivity contribution in [3.63, 3.8) is 0 Å². The van der Waals surface area contributed by atoms with E-state index in [2.05, 4.69) is 25.5 Å². The molecule has 3 aromatic rings. The maximum Gasteiger partial charge on any atom is 0.248 e. The summed E-state index contributed by atoms with van der Waals surface area (Å²) in [6, 6.07) is 7.83. The zero-order valence-corrected chi connectivity index (χ0v) is 20.2. The average Bonchev–Trinajstić information content (AvgIpc) is 3.27. The van der Waals surface area contributed by atoms with E-state index in [1.165, 1.54) is 51.3 Å². The van der Waals surface area contributed by atoms with E-state index in [1.54, 1.807) is 24.3 Å². The molecule has 1 aromatic heterocycles. The Kier molecular flexibility index (Phi) is 6.58. The van der Waals surface area contributed by atoms with E-state index in [-0.39, 0.29) is 10.9 Å². The Morgan fingerprint density at radius 1 is 1.26 bits per heavy atom. The van der Waals surface area contributed by atoms with Crippen molar-refractivity contribution in [2.45, 2.75) is 25.7 Å². The molecule has 2 N–H and O–H groups in total. The summed E-state index contributed by atoms with van der Waals surface area (Å²) in [4.78, 5) is 23.7. The average molecular weight is 496 g/mol. The third kappa shape index (κ3) is 5.09. The molecule has 2 aromatic carbocycles. The van der Waals surface area contributed by atoms with Crippen LogP contribution in [-0.2, 0) is 4.79 Å². The molecule has 1 spiro atoms. The minimum absolute atomic E-state index is 0.00607. The molecule has 0 unspecified atom stereocenters. The van der Waals surface area contributed by atoms with Crippen LogP contribution in [0.3, 0.4) is 0 Å². The standard InChI is InChI=1S/C26H27ClFN5O2/c1-35-23-14-21-18(25(30-16-29-21)31-17-5-6-20(28)19(27)12-17)13-22(23)32-24(34)4-2-10-33-11-9-26(15-33)7-3-8-26/h2,4-6,12-14,16H,3,7-11,15H2,1H3,(H,32,34)(H,29,30,31)/b4-2+. The number of carbonyl (C=O) groups is 1. The predicted octanol–water partition coefficient (Wildman–Crippen LogP) is 5.55. The molecule has 5 rings (SSSR count). The second kappa shape index (κ2) is 9.79. The van der Waals surface area contributed by atoms with Crippen molar-refractivity contribution in [2.24, 2.45) is 5.41 Å². The minimum atomic E-state index is -0.500. The Morgan fingerprint density at radius 2 is 2.11 bits per heavy atom. The number of carbonyl (C=O) groups excluding carboxylic acids is 1. The topological polar surface area (TPSA) is 79.4 Å². The highest BCUT2D eigenvalue weighted by Gasteiger charge is 2.42. The summed E-state index contributed by atoms with van der Waals surface area (Å²) in [6.07, 6.45) is 10.2. The largest absolute Gasteiger partial charge is 0.494 e. The zero-order valence-electron chi connectivity index (χ0n) is 19.5. The highest BCUT2D eigenvalue weighted by atomic mass is 35.5. The number of hydrogen-bond acceptors (Lipinski definition) is 6. The monoisotopic (exact) mass is 495 g/mol. The van der Waals surface area contributed by atoms with Crippen LogP contribution in [0.2, 0.25) is 5.02 Å². The fraction of sp³-hybridized carbons (Fsp3) is 0.346. The van der Waals surface area contributed by atoms with Gasteiger partial charge in [0.15, 0.2) is 0 Å². The van der Waals surface area contributed by atoms with Crippen LogP contribution >= 0.6 is 11.6 Å². The summed E-state index contributed by atoms with van der Waals surface area (Å²) < 4.78 is 19.0. The third-order valence-electron chi connectivity index (χ3n) is 6.96. The molecular formula is C26H27ClFN5O2. The van der Waals surface area contributed by atoms with Gasteiger partial charge in [-0.1, -0.05) is 24.1 Å². The SMILES string of the molecule is COc1cc2ncnc(Nc3ccc(F)c(Cl)c3)c2cc1NC(=O)/C=C/CN1CCC2(CCC2)C1. The molecule has 1 saturated heterocycles. The van der Waals surface area contributed by atoms with Crippen molar-refractivity contribution >= 4 is 45.6 Å². The highest BCUT2D eigenvalue weighted by Crippen LogP contribution is 2.47. The van der Waals surface area contributed by atoms with Crippen LogP contribution in [0, 0.1) is 11.2 Å². The molecule has 0 bridgehead atoms. The fourth-order valence-corrected chi connectivity index (χ4v) is 5.09. The Morgan fingerprint density at radius 3 is 2.83 bits per heavy atom. The van der Waals surface area contributed by atoms with Gasteiger partial charge in [0.25, 0.3) is 0 Å². The molecule has 35 heavy (non-hydrogen) atoms. The van der Waals surface area contributed by atoms with Gasteiger partial charge in [-0.3, -0.25) is 9.69 Å². The molecule has 2 fully saturated rings. The van der Waals surface area contributed by atoms with E-state index in [4.69, 9.17) is 16.3 Å². The lowest BCUT2D eigenvalue weighted by Crippen LogP contribution is -2.33. The van der Waals surface area contributed by atoms with Crippen molar-refractivity contribution in [2.75, 3.05) is 37.4 Å². The van der Waals surface area contributed by atoms with Gasteiger partial charge in [0.2, 0.25) is 5.91 Å². The molecule has 9 heteroatoms. The number of ether oxygens (including phenoxy) is 1. The fourth-order valence-electron chi connectivity index (χ4n) is 4.91. The molecule has 1 aliphatic carbocycles. The summed E-state index contributed by atoms with van der Waals surface area (Å²) in [5, 5.41) is 6.71. The van der Waals surface area contributed by atoms with Gasteiger partial charge in [-0.25, -0.2) is 14.4 Å². The van der Waals surface area contributed by atoms with Crippen LogP contribution < -0.4 is 15.4 Å². The van der Waals surface area contributed by atoms with Crippen LogP contribution in [0.5, 0.6) is 5.75 Å². The number of fused-ring (bicyclic) bond motifs is 1. The van der Waals surface area contributed by atoms with Gasteiger partial charge < -0.3 is 15.4 Å². The number of nitrogens with one attached hydrogen (secondary N) is 2. The summed E-state index contributed by atoms with van der Waals surface area (Å²) in [5.41, 5.74) is 2.24. The number of halogens is 2. The lowest BCUT2D eigenvalue weighted by molar-refractivity contribution is -0.111. The van der Waals surface area contributed by atoms with E-state index >= 15 is 0 Å². The molecule has 0 atom stereocenters. The number of likely N-dealkylation sites (tertiary alicyclic amines) is 1. The molecule has 2 heterocycles. The van der Waals surface area contributed by atoms with Gasteiger partial charge in [0.1, 0.15) is 23.7 Å². The minimum Gasteiger partial charge on any atom is -0.494 e. The molecule has 7 nitrogen and oxygen atoms in total. The second-order valence-corrected chi connectivity index (χ2v) is 9.68. The molecule has 0 radical (unpaired) electrons. The molecular weight excluding hydrogens is 469 g/mol. The molecule has 1 saturated carbocycles. The second-order valence-electron chi connectivity index (χ2n) is 9.28. The molecule has 1 amide bonds. The number of aromatic nitrogens is 2. The van der Waals surface area contributed by atoms with Gasteiger partial charge in [-0.15, -0.1) is 0 Å². The van der Waals surface area contributed by atoms with Gasteiger partial charge >= 0.3 is 0 Å². The summed E-state index contributed by atoms with van der Waals surface area (Å²) in [7, 11) is 1.54. The predicted molar refractivity (Wildman–Crippen MR) is 136 cm³/mol. The van der Waals surface area contributed by atoms with E-state index in [1.807, 2.05) is 6.08 Å². The van der Waals surface area contributed by atoms with E-state index < -0.39 is 5.82 Å². The Hall–Kier alpha value is -3.23. The summed E-state index contributed by atoms with van der Waals surface area (Å²) in [6.45, 7) is 3.00. The quantitative estimate of drug-likeness (QED) is 0.419. The first-order chi connectivity index (χ1) is 16.9. The number of methoxy groups -OCH3 is 1. The Labute approximate surface area is 208 Å². The van der Waals surface area contributed by atoms with Crippen molar-refractivity contribution < 1.29 is 13.9 Å². The first-order valence-electron chi connectivity index (χ1n) is 11.7. The maximum absolute atomic E-state index is 13.5. The summed E-state index contributed by atoms with van der Waals surface area (Å²) >= 11 is 5.91. The van der Waals surface area contributed by atoms with Crippen LogP contribution in [0.1, 0.15) is 25.7 Å². The van der Waals surface area contributed by atoms with Gasteiger partial charge in [0, 0.05) is 36.3 Å². The Bertz CT molecular complexity index is 1290. The maximum atomic E-state index is 13.5. The zero-order chi connectivity index (χ0) is 24.4. The first-order valence-corrected chi connectivity index (χ1v) is 12.1. The van der Waals surface area contributed by atoms with E-state index in [9.17, 15) is 9.18 Å². The van der Waals surface area contributed by atoms with Crippen molar-refractivity contribution in [1.29, 1.82) is 0 Å². The smallest absolute Gasteiger partial charge is 0.248 e. The van der Waals surface area contributed by atoms with Crippen LogP contribution in [-0.4, -0.2) is 47.5 Å². The Balaban J connectivity index is 1.31. The number of hydrogen-bond donors (Lipinski definition) is 2. The van der Waals surface area contributed by atoms with Crippen LogP contribution in [0.15, 0.2) is 48.8 Å². The molecule has 1 aliphatic heterocycles. The normalized spacial score (nSPS) is 17.1. The number of anilines is 3.